The molecule has 0 aliphatic carbocycles. The summed E-state index contributed by atoms with van der Waals surface area (Å²) >= 11 is 0. The molecule has 4 rings (SSSR count). The van der Waals surface area contributed by atoms with Crippen molar-refractivity contribution in [2.24, 2.45) is 0 Å². The minimum absolute atomic E-state index is 0.0688. The summed E-state index contributed by atoms with van der Waals surface area (Å²) in [6, 6.07) is 12.6. The lowest BCUT2D eigenvalue weighted by Gasteiger charge is -2.27. The molecule has 0 atom stereocenters. The number of pyridine rings is 1. The number of anilines is 1. The number of aromatic hydroxyl groups is 1. The highest BCUT2D eigenvalue weighted by Crippen LogP contribution is 2.32. The average molecular weight is 332 g/mol. The van der Waals surface area contributed by atoms with E-state index in [1.54, 1.807) is 12.1 Å². The SMILES string of the molecule is N#Cc1ccc2cc(-c3ccc(N4CCNCC4)nn3)c(O)cc2n1. The molecule has 0 radical (unpaired) electrons. The Hall–Kier alpha value is -3.24. The zero-order chi connectivity index (χ0) is 17.2. The number of phenols is 1. The molecule has 2 aromatic heterocycles. The fourth-order valence-electron chi connectivity index (χ4n) is 2.96. The van der Waals surface area contributed by atoms with Gasteiger partial charge in [0.2, 0.25) is 0 Å². The van der Waals surface area contributed by atoms with Gasteiger partial charge in [0, 0.05) is 43.2 Å². The van der Waals surface area contributed by atoms with Gasteiger partial charge >= 0.3 is 0 Å². The summed E-state index contributed by atoms with van der Waals surface area (Å²) in [4.78, 5) is 6.38. The van der Waals surface area contributed by atoms with E-state index in [2.05, 4.69) is 25.4 Å². The first-order chi connectivity index (χ1) is 12.2. The van der Waals surface area contributed by atoms with Crippen molar-refractivity contribution in [3.05, 3.63) is 42.1 Å². The number of hydrogen-bond acceptors (Lipinski definition) is 7. The quantitative estimate of drug-likeness (QED) is 0.736. The van der Waals surface area contributed by atoms with Gasteiger partial charge in [-0.3, -0.25) is 0 Å². The highest BCUT2D eigenvalue weighted by Gasteiger charge is 2.14. The van der Waals surface area contributed by atoms with E-state index in [0.717, 1.165) is 37.4 Å². The number of rotatable bonds is 2. The Kier molecular flexibility index (Phi) is 3.88. The van der Waals surface area contributed by atoms with Crippen LogP contribution in [0.3, 0.4) is 0 Å². The summed E-state index contributed by atoms with van der Waals surface area (Å²) in [6.45, 7) is 3.68. The maximum atomic E-state index is 10.3. The van der Waals surface area contributed by atoms with Crippen LogP contribution in [0.2, 0.25) is 0 Å². The standard InChI is InChI=1S/C18H16N6O/c19-11-13-2-1-12-9-14(17(25)10-16(12)21-13)15-3-4-18(23-22-15)24-7-5-20-6-8-24/h1-4,9-10,20,25H,5-8H2. The molecule has 0 spiro atoms. The third-order valence-corrected chi connectivity index (χ3v) is 4.29. The van der Waals surface area contributed by atoms with Crippen LogP contribution in [0.25, 0.3) is 22.2 Å². The van der Waals surface area contributed by atoms with Gasteiger partial charge in [0.25, 0.3) is 0 Å². The van der Waals surface area contributed by atoms with Crippen molar-refractivity contribution in [2.75, 3.05) is 31.1 Å². The van der Waals surface area contributed by atoms with Crippen LogP contribution in [0.15, 0.2) is 36.4 Å². The molecule has 1 aliphatic heterocycles. The van der Waals surface area contributed by atoms with Gasteiger partial charge in [-0.05, 0) is 30.3 Å². The molecule has 7 heteroatoms. The normalized spacial score (nSPS) is 14.4. The van der Waals surface area contributed by atoms with Crippen LogP contribution < -0.4 is 10.2 Å². The third kappa shape index (κ3) is 2.95. The highest BCUT2D eigenvalue weighted by atomic mass is 16.3. The van der Waals surface area contributed by atoms with Crippen LogP contribution in [0.1, 0.15) is 5.69 Å². The number of nitrogens with one attached hydrogen (secondary N) is 1. The molecular formula is C18H16N6O. The lowest BCUT2D eigenvalue weighted by molar-refractivity contribution is 0.477. The second kappa shape index (κ2) is 6.34. The van der Waals surface area contributed by atoms with E-state index in [9.17, 15) is 5.11 Å². The van der Waals surface area contributed by atoms with Crippen molar-refractivity contribution in [1.29, 1.82) is 5.26 Å². The monoisotopic (exact) mass is 332 g/mol. The van der Waals surface area contributed by atoms with Crippen molar-refractivity contribution < 1.29 is 5.11 Å². The van der Waals surface area contributed by atoms with Crippen LogP contribution >= 0.6 is 0 Å². The number of aromatic nitrogens is 3. The second-order valence-electron chi connectivity index (χ2n) is 5.88. The molecule has 0 saturated carbocycles. The maximum absolute atomic E-state index is 10.3. The van der Waals surface area contributed by atoms with E-state index in [0.29, 0.717) is 22.5 Å². The van der Waals surface area contributed by atoms with Crippen LogP contribution in [0.5, 0.6) is 5.75 Å². The molecule has 7 nitrogen and oxygen atoms in total. The van der Waals surface area contributed by atoms with Gasteiger partial charge in [0.15, 0.2) is 5.82 Å². The molecule has 0 unspecified atom stereocenters. The van der Waals surface area contributed by atoms with Gasteiger partial charge < -0.3 is 15.3 Å². The number of nitriles is 1. The Labute approximate surface area is 144 Å². The molecule has 1 saturated heterocycles. The molecule has 3 heterocycles. The van der Waals surface area contributed by atoms with Crippen molar-refractivity contribution >= 4 is 16.7 Å². The number of nitrogens with zero attached hydrogens (tertiary/aromatic N) is 5. The summed E-state index contributed by atoms with van der Waals surface area (Å²) < 4.78 is 0. The Bertz CT molecular complexity index is 958. The summed E-state index contributed by atoms with van der Waals surface area (Å²) in [7, 11) is 0. The van der Waals surface area contributed by atoms with E-state index in [1.165, 1.54) is 0 Å². The van der Waals surface area contributed by atoms with E-state index in [1.807, 2.05) is 30.3 Å². The van der Waals surface area contributed by atoms with Crippen molar-refractivity contribution in [2.45, 2.75) is 0 Å². The van der Waals surface area contributed by atoms with Crippen LogP contribution in [0, 0.1) is 11.3 Å². The summed E-state index contributed by atoms with van der Waals surface area (Å²) in [6.07, 6.45) is 0. The molecular weight excluding hydrogens is 316 g/mol. The fraction of sp³-hybridized carbons (Fsp3) is 0.222. The zero-order valence-corrected chi connectivity index (χ0v) is 13.5. The lowest BCUT2D eigenvalue weighted by atomic mass is 10.1. The van der Waals surface area contributed by atoms with E-state index in [-0.39, 0.29) is 5.75 Å². The molecule has 25 heavy (non-hydrogen) atoms. The highest BCUT2D eigenvalue weighted by molar-refractivity contribution is 5.87. The van der Waals surface area contributed by atoms with Gasteiger partial charge in [-0.1, -0.05) is 0 Å². The van der Waals surface area contributed by atoms with E-state index in [4.69, 9.17) is 5.26 Å². The number of phenolic OH excluding ortho intramolecular Hbond substituents is 1. The predicted molar refractivity (Wildman–Crippen MR) is 94.2 cm³/mol. The second-order valence-corrected chi connectivity index (χ2v) is 5.88. The van der Waals surface area contributed by atoms with Crippen molar-refractivity contribution in [1.82, 2.24) is 20.5 Å². The number of piperazine rings is 1. The topological polar surface area (TPSA) is 98.0 Å². The molecule has 1 fully saturated rings. The minimum Gasteiger partial charge on any atom is -0.507 e. The van der Waals surface area contributed by atoms with Crippen molar-refractivity contribution in [3.8, 4) is 23.1 Å². The Morgan fingerprint density at radius 1 is 1.08 bits per heavy atom. The van der Waals surface area contributed by atoms with Gasteiger partial charge in [0.1, 0.15) is 17.5 Å². The minimum atomic E-state index is 0.0688. The summed E-state index contributed by atoms with van der Waals surface area (Å²) in [5.74, 6) is 0.908. The predicted octanol–water partition coefficient (Wildman–Crippen LogP) is 1.68. The molecule has 1 aromatic carbocycles. The van der Waals surface area contributed by atoms with Gasteiger partial charge in [-0.15, -0.1) is 10.2 Å². The molecule has 0 amide bonds. The lowest BCUT2D eigenvalue weighted by Crippen LogP contribution is -2.43. The van der Waals surface area contributed by atoms with Crippen LogP contribution in [-0.2, 0) is 0 Å². The number of benzene rings is 1. The zero-order valence-electron chi connectivity index (χ0n) is 13.5. The number of hydrogen-bond donors (Lipinski definition) is 2. The first-order valence-electron chi connectivity index (χ1n) is 8.08. The Morgan fingerprint density at radius 2 is 1.92 bits per heavy atom. The van der Waals surface area contributed by atoms with Crippen molar-refractivity contribution in [3.63, 3.8) is 0 Å². The fourth-order valence-corrected chi connectivity index (χ4v) is 2.96. The van der Waals surface area contributed by atoms with Gasteiger partial charge in [-0.25, -0.2) is 4.98 Å². The molecule has 124 valence electrons. The average Bonchev–Trinajstić information content (AvgIpc) is 2.68. The first kappa shape index (κ1) is 15.3. The van der Waals surface area contributed by atoms with Crippen LogP contribution in [-0.4, -0.2) is 46.5 Å². The maximum Gasteiger partial charge on any atom is 0.151 e. The third-order valence-electron chi connectivity index (χ3n) is 4.29. The molecule has 0 bridgehead atoms. The largest absolute Gasteiger partial charge is 0.507 e. The van der Waals surface area contributed by atoms with Crippen LogP contribution in [0.4, 0.5) is 5.82 Å². The van der Waals surface area contributed by atoms with E-state index >= 15 is 0 Å². The number of fused-ring (bicyclic) bond motifs is 1. The first-order valence-corrected chi connectivity index (χ1v) is 8.08. The van der Waals surface area contributed by atoms with E-state index < -0.39 is 0 Å². The molecule has 2 N–H and O–H groups in total. The summed E-state index contributed by atoms with van der Waals surface area (Å²) in [5, 5.41) is 32.0. The molecule has 3 aromatic rings. The Morgan fingerprint density at radius 3 is 2.64 bits per heavy atom. The smallest absolute Gasteiger partial charge is 0.151 e. The Balaban J connectivity index is 1.69. The van der Waals surface area contributed by atoms with Gasteiger partial charge in [-0.2, -0.15) is 5.26 Å². The molecule has 1 aliphatic rings. The van der Waals surface area contributed by atoms with Gasteiger partial charge in [0.05, 0.1) is 11.2 Å². The summed E-state index contributed by atoms with van der Waals surface area (Å²) in [5.41, 5.74) is 2.09.